The second kappa shape index (κ2) is 11.5. The Morgan fingerprint density at radius 2 is 0.940 bits per heavy atom. The van der Waals surface area contributed by atoms with E-state index in [1.165, 1.54) is 49.2 Å². The Hall–Kier alpha value is -6.64. The maximum Gasteiger partial charge on any atom is 0.136 e. The lowest BCUT2D eigenvalue weighted by molar-refractivity contribution is 0.669. The van der Waals surface area contributed by atoms with Gasteiger partial charge in [-0.25, -0.2) is 0 Å². The molecule has 0 fully saturated rings. The van der Waals surface area contributed by atoms with Gasteiger partial charge in [0, 0.05) is 27.4 Å². The third kappa shape index (κ3) is 4.57. The lowest BCUT2D eigenvalue weighted by Crippen LogP contribution is -2.12. The minimum Gasteiger partial charge on any atom is -0.456 e. The average molecular weight is 638 g/mol. The Morgan fingerprint density at radius 3 is 1.84 bits per heavy atom. The van der Waals surface area contributed by atoms with Crippen molar-refractivity contribution in [2.75, 3.05) is 4.90 Å². The average Bonchev–Trinajstić information content (AvgIpc) is 3.55. The van der Waals surface area contributed by atoms with E-state index in [1.807, 2.05) is 12.1 Å². The fourth-order valence-corrected chi connectivity index (χ4v) is 7.69. The first-order valence-electron chi connectivity index (χ1n) is 17.1. The summed E-state index contributed by atoms with van der Waals surface area (Å²) in [6, 6.07) is 67.7. The minimum atomic E-state index is 0.914. The Kier molecular flexibility index (Phi) is 6.53. The van der Waals surface area contributed by atoms with Gasteiger partial charge in [-0.15, -0.1) is 0 Å². The highest BCUT2D eigenvalue weighted by Gasteiger charge is 2.21. The predicted molar refractivity (Wildman–Crippen MR) is 212 cm³/mol. The van der Waals surface area contributed by atoms with Gasteiger partial charge in [0.2, 0.25) is 0 Å². The van der Waals surface area contributed by atoms with Crippen LogP contribution in [0.4, 0.5) is 17.1 Å². The molecule has 9 aromatic carbocycles. The number of rotatable bonds is 5. The standard InChI is InChI=1S/C48H31NO/c1-2-13-32(14-3-1)37-17-6-7-19-39(37)40-20-8-10-22-46(40)49(45-23-12-16-33-15-4-5-18-38(33)45)36-28-27-34-25-26-35-29-48-44(31-43(35)42(34)30-36)41-21-9-11-24-47(41)50-48/h1-31H. The van der Waals surface area contributed by atoms with E-state index < -0.39 is 0 Å². The quantitative estimate of drug-likeness (QED) is 0.175. The number of hydrogen-bond acceptors (Lipinski definition) is 2. The van der Waals surface area contributed by atoms with Crippen molar-refractivity contribution >= 4 is 71.3 Å². The number of anilines is 3. The molecule has 0 amide bonds. The molecule has 0 N–H and O–H groups in total. The molecule has 1 aromatic heterocycles. The van der Waals surface area contributed by atoms with E-state index in [0.717, 1.165) is 44.4 Å². The van der Waals surface area contributed by atoms with Gasteiger partial charge in [-0.05, 0) is 86.1 Å². The summed E-state index contributed by atoms with van der Waals surface area (Å²) in [6.07, 6.45) is 0. The van der Waals surface area contributed by atoms with E-state index in [1.54, 1.807) is 0 Å². The normalized spacial score (nSPS) is 11.6. The molecule has 0 saturated heterocycles. The summed E-state index contributed by atoms with van der Waals surface area (Å²) in [5, 5.41) is 9.47. The van der Waals surface area contributed by atoms with Gasteiger partial charge in [0.05, 0.1) is 11.4 Å². The lowest BCUT2D eigenvalue weighted by Gasteiger charge is -2.30. The van der Waals surface area contributed by atoms with Crippen molar-refractivity contribution in [1.29, 1.82) is 0 Å². The predicted octanol–water partition coefficient (Wildman–Crippen LogP) is 13.8. The SMILES string of the molecule is c1ccc(-c2ccccc2-c2ccccc2N(c2ccc3ccc4cc5oc6ccccc6c5cc4c3c2)c2cccc3ccccc23)cc1. The van der Waals surface area contributed by atoms with Gasteiger partial charge in [-0.1, -0.05) is 146 Å². The molecule has 0 radical (unpaired) electrons. The number of furan rings is 1. The molecular weight excluding hydrogens is 607 g/mol. The van der Waals surface area contributed by atoms with E-state index >= 15 is 0 Å². The molecular formula is C48H31NO. The first-order valence-corrected chi connectivity index (χ1v) is 17.1. The maximum atomic E-state index is 6.28. The molecule has 50 heavy (non-hydrogen) atoms. The summed E-state index contributed by atoms with van der Waals surface area (Å²) in [6.45, 7) is 0. The molecule has 0 unspecified atom stereocenters. The van der Waals surface area contributed by atoms with Crippen molar-refractivity contribution in [3.8, 4) is 22.3 Å². The fraction of sp³-hybridized carbons (Fsp3) is 0. The summed E-state index contributed by atoms with van der Waals surface area (Å²) in [4.78, 5) is 2.45. The van der Waals surface area contributed by atoms with Crippen LogP contribution in [0, 0.1) is 0 Å². The van der Waals surface area contributed by atoms with E-state index in [-0.39, 0.29) is 0 Å². The third-order valence-electron chi connectivity index (χ3n) is 10.0. The van der Waals surface area contributed by atoms with Crippen molar-refractivity contribution in [2.24, 2.45) is 0 Å². The molecule has 0 atom stereocenters. The lowest BCUT2D eigenvalue weighted by atomic mass is 9.92. The molecule has 234 valence electrons. The molecule has 2 heteroatoms. The number of hydrogen-bond donors (Lipinski definition) is 0. The van der Waals surface area contributed by atoms with Crippen molar-refractivity contribution in [3.63, 3.8) is 0 Å². The van der Waals surface area contributed by atoms with Gasteiger partial charge in [-0.2, -0.15) is 0 Å². The Balaban J connectivity index is 1.26. The minimum absolute atomic E-state index is 0.914. The number of para-hydroxylation sites is 2. The smallest absolute Gasteiger partial charge is 0.136 e. The monoisotopic (exact) mass is 637 g/mol. The summed E-state index contributed by atoms with van der Waals surface area (Å²) >= 11 is 0. The molecule has 10 rings (SSSR count). The van der Waals surface area contributed by atoms with Gasteiger partial charge in [0.25, 0.3) is 0 Å². The van der Waals surface area contributed by atoms with Gasteiger partial charge >= 0.3 is 0 Å². The molecule has 0 aliphatic heterocycles. The zero-order valence-corrected chi connectivity index (χ0v) is 27.3. The van der Waals surface area contributed by atoms with Crippen molar-refractivity contribution in [1.82, 2.24) is 0 Å². The van der Waals surface area contributed by atoms with Gasteiger partial charge in [0.1, 0.15) is 11.2 Å². The van der Waals surface area contributed by atoms with Crippen LogP contribution in [-0.2, 0) is 0 Å². The summed E-state index contributed by atoms with van der Waals surface area (Å²) in [7, 11) is 0. The van der Waals surface area contributed by atoms with E-state index in [0.29, 0.717) is 0 Å². The van der Waals surface area contributed by atoms with E-state index in [4.69, 9.17) is 4.42 Å². The van der Waals surface area contributed by atoms with Crippen molar-refractivity contribution in [2.45, 2.75) is 0 Å². The highest BCUT2D eigenvalue weighted by Crippen LogP contribution is 2.46. The van der Waals surface area contributed by atoms with Crippen LogP contribution in [0.3, 0.4) is 0 Å². The molecule has 0 aliphatic carbocycles. The molecule has 2 nitrogen and oxygen atoms in total. The van der Waals surface area contributed by atoms with Gasteiger partial charge in [-0.3, -0.25) is 0 Å². The first-order chi connectivity index (χ1) is 24.8. The first kappa shape index (κ1) is 28.4. The Morgan fingerprint density at radius 1 is 0.320 bits per heavy atom. The van der Waals surface area contributed by atoms with Crippen LogP contribution in [0.2, 0.25) is 0 Å². The summed E-state index contributed by atoms with van der Waals surface area (Å²) < 4.78 is 6.28. The Labute approximate surface area is 290 Å². The fourth-order valence-electron chi connectivity index (χ4n) is 7.69. The summed E-state index contributed by atoms with van der Waals surface area (Å²) in [5.41, 5.74) is 9.96. The number of nitrogens with zero attached hydrogens (tertiary/aromatic N) is 1. The molecule has 0 bridgehead atoms. The zero-order chi connectivity index (χ0) is 33.0. The molecule has 1 heterocycles. The largest absolute Gasteiger partial charge is 0.456 e. The van der Waals surface area contributed by atoms with Crippen LogP contribution in [0.5, 0.6) is 0 Å². The third-order valence-corrected chi connectivity index (χ3v) is 10.0. The maximum absolute atomic E-state index is 6.28. The van der Waals surface area contributed by atoms with Crippen molar-refractivity contribution in [3.05, 3.63) is 188 Å². The van der Waals surface area contributed by atoms with E-state index in [9.17, 15) is 0 Å². The zero-order valence-electron chi connectivity index (χ0n) is 27.3. The van der Waals surface area contributed by atoms with Crippen molar-refractivity contribution < 1.29 is 4.42 Å². The van der Waals surface area contributed by atoms with Crippen LogP contribution in [0.15, 0.2) is 192 Å². The van der Waals surface area contributed by atoms with Crippen LogP contribution < -0.4 is 4.90 Å². The molecule has 0 saturated carbocycles. The second-order valence-corrected chi connectivity index (χ2v) is 12.9. The van der Waals surface area contributed by atoms with Gasteiger partial charge in [0.15, 0.2) is 0 Å². The number of benzene rings is 9. The van der Waals surface area contributed by atoms with Crippen LogP contribution in [0.1, 0.15) is 0 Å². The highest BCUT2D eigenvalue weighted by molar-refractivity contribution is 6.17. The highest BCUT2D eigenvalue weighted by atomic mass is 16.3. The molecule has 0 spiro atoms. The summed E-state index contributed by atoms with van der Waals surface area (Å²) in [5.74, 6) is 0. The molecule has 0 aliphatic rings. The van der Waals surface area contributed by atoms with Gasteiger partial charge < -0.3 is 9.32 Å². The Bertz CT molecular complexity index is 2880. The molecule has 10 aromatic rings. The van der Waals surface area contributed by atoms with E-state index in [2.05, 4.69) is 181 Å². The topological polar surface area (TPSA) is 16.4 Å². The number of fused-ring (bicyclic) bond motifs is 7. The van der Waals surface area contributed by atoms with Crippen LogP contribution in [0.25, 0.3) is 76.5 Å². The second-order valence-electron chi connectivity index (χ2n) is 12.9. The van der Waals surface area contributed by atoms with Crippen LogP contribution in [-0.4, -0.2) is 0 Å². The van der Waals surface area contributed by atoms with Crippen LogP contribution >= 0.6 is 0 Å².